The molecule has 98 valence electrons. The number of ether oxygens (including phenoxy) is 1. The van der Waals surface area contributed by atoms with Gasteiger partial charge in [-0.1, -0.05) is 23.7 Å². The van der Waals surface area contributed by atoms with Crippen molar-refractivity contribution in [2.45, 2.75) is 0 Å². The van der Waals surface area contributed by atoms with Crippen LogP contribution in [0.5, 0.6) is 5.75 Å². The van der Waals surface area contributed by atoms with Gasteiger partial charge in [-0.2, -0.15) is 5.26 Å². The van der Waals surface area contributed by atoms with Crippen LogP contribution in [-0.2, 0) is 0 Å². The zero-order chi connectivity index (χ0) is 13.9. The highest BCUT2D eigenvalue weighted by Gasteiger charge is 2.08. The van der Waals surface area contributed by atoms with Crippen molar-refractivity contribution in [2.75, 3.05) is 6.61 Å². The van der Waals surface area contributed by atoms with E-state index in [1.165, 1.54) is 11.5 Å². The lowest BCUT2D eigenvalue weighted by Crippen LogP contribution is -2.10. The monoisotopic (exact) mass is 282 g/mol. The van der Waals surface area contributed by atoms with Crippen molar-refractivity contribution in [1.82, 2.24) is 3.96 Å². The molecule has 0 aliphatic carbocycles. The first kappa shape index (κ1) is 12.5. The van der Waals surface area contributed by atoms with E-state index < -0.39 is 0 Å². The Balaban J connectivity index is 2.01. The van der Waals surface area contributed by atoms with Crippen molar-refractivity contribution in [3.8, 4) is 17.5 Å². The SMILES string of the molecule is N#CCOc1ccc(-n2sc3ccccc3c2=O)cc1. The molecule has 5 heteroatoms. The maximum absolute atomic E-state index is 12.3. The molecule has 0 radical (unpaired) electrons. The van der Waals surface area contributed by atoms with Crippen LogP contribution in [0, 0.1) is 11.3 Å². The van der Waals surface area contributed by atoms with Gasteiger partial charge in [0.05, 0.1) is 15.8 Å². The predicted octanol–water partition coefficient (Wildman–Crippen LogP) is 2.95. The lowest BCUT2D eigenvalue weighted by atomic mass is 10.3. The molecule has 0 saturated carbocycles. The van der Waals surface area contributed by atoms with Crippen molar-refractivity contribution in [2.24, 2.45) is 0 Å². The number of benzene rings is 2. The Morgan fingerprint density at radius 3 is 2.60 bits per heavy atom. The van der Waals surface area contributed by atoms with Crippen molar-refractivity contribution in [3.63, 3.8) is 0 Å². The van der Waals surface area contributed by atoms with Gasteiger partial charge in [-0.3, -0.25) is 4.79 Å². The predicted molar refractivity (Wildman–Crippen MR) is 78.5 cm³/mol. The summed E-state index contributed by atoms with van der Waals surface area (Å²) in [6.45, 7) is 0.0161. The van der Waals surface area contributed by atoms with E-state index in [0.29, 0.717) is 5.75 Å². The van der Waals surface area contributed by atoms with E-state index in [-0.39, 0.29) is 12.2 Å². The number of hydrogen-bond acceptors (Lipinski definition) is 4. The summed E-state index contributed by atoms with van der Waals surface area (Å²) < 4.78 is 7.80. The molecule has 0 unspecified atom stereocenters. The Bertz CT molecular complexity index is 841. The van der Waals surface area contributed by atoms with E-state index in [1.807, 2.05) is 42.5 Å². The fourth-order valence-corrected chi connectivity index (χ4v) is 2.93. The number of aromatic nitrogens is 1. The summed E-state index contributed by atoms with van der Waals surface area (Å²) in [6.07, 6.45) is 0. The molecule has 1 aromatic heterocycles. The van der Waals surface area contributed by atoms with Gasteiger partial charge in [0.2, 0.25) is 0 Å². The second-order valence-corrected chi connectivity index (χ2v) is 5.12. The summed E-state index contributed by atoms with van der Waals surface area (Å²) in [7, 11) is 0. The minimum absolute atomic E-state index is 0.0161. The van der Waals surface area contributed by atoms with E-state index in [0.717, 1.165) is 15.8 Å². The van der Waals surface area contributed by atoms with Gasteiger partial charge < -0.3 is 4.74 Å². The maximum atomic E-state index is 12.3. The Labute approximate surface area is 119 Å². The first-order valence-electron chi connectivity index (χ1n) is 6.01. The molecule has 0 bridgehead atoms. The van der Waals surface area contributed by atoms with E-state index >= 15 is 0 Å². The molecule has 0 atom stereocenters. The highest BCUT2D eigenvalue weighted by Crippen LogP contribution is 2.21. The van der Waals surface area contributed by atoms with Gasteiger partial charge in [-0.05, 0) is 36.4 Å². The van der Waals surface area contributed by atoms with Crippen LogP contribution >= 0.6 is 11.5 Å². The molecule has 1 heterocycles. The van der Waals surface area contributed by atoms with Crippen LogP contribution in [-0.4, -0.2) is 10.6 Å². The van der Waals surface area contributed by atoms with Gasteiger partial charge >= 0.3 is 0 Å². The van der Waals surface area contributed by atoms with Crippen molar-refractivity contribution in [1.29, 1.82) is 5.26 Å². The number of fused-ring (bicyclic) bond motifs is 1. The summed E-state index contributed by atoms with van der Waals surface area (Å²) in [6, 6.07) is 16.6. The van der Waals surface area contributed by atoms with Crippen molar-refractivity contribution >= 4 is 21.6 Å². The summed E-state index contributed by atoms with van der Waals surface area (Å²) in [5.41, 5.74) is 0.775. The zero-order valence-corrected chi connectivity index (χ0v) is 11.3. The zero-order valence-electron chi connectivity index (χ0n) is 10.4. The lowest BCUT2D eigenvalue weighted by molar-refractivity contribution is 0.368. The second-order valence-electron chi connectivity index (χ2n) is 4.13. The first-order valence-corrected chi connectivity index (χ1v) is 6.78. The number of nitrogens with zero attached hydrogens (tertiary/aromatic N) is 2. The van der Waals surface area contributed by atoms with Crippen LogP contribution in [0.15, 0.2) is 53.3 Å². The molecule has 0 spiro atoms. The molecule has 0 aliphatic rings. The van der Waals surface area contributed by atoms with E-state index in [2.05, 4.69) is 0 Å². The Morgan fingerprint density at radius 2 is 1.90 bits per heavy atom. The van der Waals surface area contributed by atoms with E-state index in [9.17, 15) is 4.79 Å². The van der Waals surface area contributed by atoms with Crippen LogP contribution in [0.2, 0.25) is 0 Å². The summed E-state index contributed by atoms with van der Waals surface area (Å²) in [5.74, 6) is 0.615. The Kier molecular flexibility index (Phi) is 3.23. The number of nitriles is 1. The molecular formula is C15H10N2O2S. The van der Waals surface area contributed by atoms with Crippen LogP contribution in [0.1, 0.15) is 0 Å². The fraction of sp³-hybridized carbons (Fsp3) is 0.0667. The van der Waals surface area contributed by atoms with Crippen molar-refractivity contribution in [3.05, 3.63) is 58.9 Å². The van der Waals surface area contributed by atoms with Gasteiger partial charge in [0, 0.05) is 0 Å². The van der Waals surface area contributed by atoms with Crippen molar-refractivity contribution < 1.29 is 4.74 Å². The molecule has 2 aromatic carbocycles. The third kappa shape index (κ3) is 2.17. The molecule has 3 rings (SSSR count). The number of rotatable bonds is 3. The van der Waals surface area contributed by atoms with Crippen LogP contribution in [0.3, 0.4) is 0 Å². The largest absolute Gasteiger partial charge is 0.479 e. The molecule has 0 amide bonds. The average Bonchev–Trinajstić information content (AvgIpc) is 2.83. The minimum Gasteiger partial charge on any atom is -0.479 e. The molecular weight excluding hydrogens is 272 g/mol. The standard InChI is InChI=1S/C15H10N2O2S/c16-9-10-19-12-7-5-11(6-8-12)17-15(18)13-3-1-2-4-14(13)20-17/h1-8H,10H2. The normalized spacial score (nSPS) is 10.3. The van der Waals surface area contributed by atoms with Gasteiger partial charge in [-0.25, -0.2) is 3.96 Å². The topological polar surface area (TPSA) is 55.0 Å². The molecule has 4 nitrogen and oxygen atoms in total. The summed E-state index contributed by atoms with van der Waals surface area (Å²) in [4.78, 5) is 12.3. The fourth-order valence-electron chi connectivity index (χ4n) is 1.94. The smallest absolute Gasteiger partial charge is 0.273 e. The molecule has 20 heavy (non-hydrogen) atoms. The molecule has 0 aliphatic heterocycles. The maximum Gasteiger partial charge on any atom is 0.273 e. The molecule has 0 N–H and O–H groups in total. The Morgan fingerprint density at radius 1 is 1.15 bits per heavy atom. The van der Waals surface area contributed by atoms with E-state index in [4.69, 9.17) is 10.00 Å². The van der Waals surface area contributed by atoms with E-state index in [1.54, 1.807) is 16.1 Å². The highest BCUT2D eigenvalue weighted by atomic mass is 32.1. The average molecular weight is 282 g/mol. The first-order chi connectivity index (χ1) is 9.79. The summed E-state index contributed by atoms with van der Waals surface area (Å²) >= 11 is 1.41. The minimum atomic E-state index is -0.0173. The van der Waals surface area contributed by atoms with Gasteiger partial charge in [0.25, 0.3) is 5.56 Å². The van der Waals surface area contributed by atoms with Gasteiger partial charge in [0.1, 0.15) is 11.8 Å². The molecule has 0 saturated heterocycles. The van der Waals surface area contributed by atoms with Gasteiger partial charge in [-0.15, -0.1) is 0 Å². The number of hydrogen-bond donors (Lipinski definition) is 0. The summed E-state index contributed by atoms with van der Waals surface area (Å²) in [5, 5.41) is 9.18. The molecule has 0 fully saturated rings. The third-order valence-electron chi connectivity index (χ3n) is 2.87. The van der Waals surface area contributed by atoms with Crippen LogP contribution in [0.25, 0.3) is 15.8 Å². The Hall–Kier alpha value is -2.58. The van der Waals surface area contributed by atoms with Gasteiger partial charge in [0.15, 0.2) is 6.61 Å². The third-order valence-corrected chi connectivity index (χ3v) is 3.98. The molecule has 3 aromatic rings. The van der Waals surface area contributed by atoms with Crippen LogP contribution < -0.4 is 10.3 Å². The second kappa shape index (κ2) is 5.19. The highest BCUT2D eigenvalue weighted by molar-refractivity contribution is 7.14. The quantitative estimate of drug-likeness (QED) is 0.742. The lowest BCUT2D eigenvalue weighted by Gasteiger charge is -2.03. The van der Waals surface area contributed by atoms with Crippen LogP contribution in [0.4, 0.5) is 0 Å².